The molecule has 1 saturated carbocycles. The molecule has 0 spiro atoms. The zero-order valence-corrected chi connectivity index (χ0v) is 11.6. The zero-order valence-electron chi connectivity index (χ0n) is 10.8. The fourth-order valence-electron chi connectivity index (χ4n) is 2.34. The number of aliphatic hydroxyl groups excluding tert-OH is 1. The van der Waals surface area contributed by atoms with Crippen LogP contribution in [0.15, 0.2) is 6.20 Å². The first-order valence-electron chi connectivity index (χ1n) is 6.63. The molecule has 19 heavy (non-hydrogen) atoms. The van der Waals surface area contributed by atoms with Crippen LogP contribution in [0.3, 0.4) is 0 Å². The second-order valence-electron chi connectivity index (χ2n) is 4.75. The minimum absolute atomic E-state index is 0.0444. The average Bonchev–Trinajstić information content (AvgIpc) is 2.85. The number of aromatic nitrogens is 1. The van der Waals surface area contributed by atoms with Crippen molar-refractivity contribution >= 4 is 22.4 Å². The molecule has 1 amide bonds. The molecule has 102 valence electrons. The van der Waals surface area contributed by atoms with Crippen molar-refractivity contribution in [3.8, 4) is 11.8 Å². The third-order valence-corrected chi connectivity index (χ3v) is 4.07. The molecule has 1 aromatic rings. The third-order valence-electron chi connectivity index (χ3n) is 3.24. The van der Waals surface area contributed by atoms with Gasteiger partial charge >= 0.3 is 0 Å². The number of amides is 1. The lowest BCUT2D eigenvalue weighted by atomic mass is 9.87. The maximum Gasteiger partial charge on any atom is 0.226 e. The van der Waals surface area contributed by atoms with E-state index in [1.54, 1.807) is 6.20 Å². The van der Waals surface area contributed by atoms with E-state index in [4.69, 9.17) is 5.11 Å². The number of thiazole rings is 1. The number of rotatable bonds is 3. The Morgan fingerprint density at radius 3 is 3.00 bits per heavy atom. The topological polar surface area (TPSA) is 62.2 Å². The van der Waals surface area contributed by atoms with Crippen molar-refractivity contribution in [2.75, 3.05) is 11.9 Å². The molecule has 0 unspecified atom stereocenters. The van der Waals surface area contributed by atoms with Crippen molar-refractivity contribution in [1.29, 1.82) is 0 Å². The molecule has 1 fully saturated rings. The molecule has 2 rings (SSSR count). The van der Waals surface area contributed by atoms with Crippen molar-refractivity contribution < 1.29 is 9.90 Å². The lowest BCUT2D eigenvalue weighted by molar-refractivity contribution is -0.117. The van der Waals surface area contributed by atoms with Gasteiger partial charge in [0.15, 0.2) is 5.13 Å². The number of aliphatic hydroxyl groups is 1. The van der Waals surface area contributed by atoms with Crippen LogP contribution >= 0.6 is 11.3 Å². The molecule has 0 aromatic carbocycles. The largest absolute Gasteiger partial charge is 0.384 e. The van der Waals surface area contributed by atoms with E-state index in [1.165, 1.54) is 43.4 Å². The van der Waals surface area contributed by atoms with Crippen molar-refractivity contribution in [2.24, 2.45) is 5.92 Å². The SMILES string of the molecule is O=C(CC1CCCCC1)Nc1ncc(C#CCO)s1. The summed E-state index contributed by atoms with van der Waals surface area (Å²) in [5.74, 6) is 5.91. The lowest BCUT2D eigenvalue weighted by Gasteiger charge is -2.20. The molecule has 1 aliphatic carbocycles. The summed E-state index contributed by atoms with van der Waals surface area (Å²) in [5.41, 5.74) is 0. The van der Waals surface area contributed by atoms with Gasteiger partial charge in [-0.15, -0.1) is 0 Å². The van der Waals surface area contributed by atoms with E-state index in [-0.39, 0.29) is 12.5 Å². The highest BCUT2D eigenvalue weighted by atomic mass is 32.1. The summed E-state index contributed by atoms with van der Waals surface area (Å²) in [7, 11) is 0. The van der Waals surface area contributed by atoms with Gasteiger partial charge in [0.2, 0.25) is 5.91 Å². The van der Waals surface area contributed by atoms with Crippen molar-refractivity contribution in [1.82, 2.24) is 4.98 Å². The molecule has 0 bridgehead atoms. The van der Waals surface area contributed by atoms with Crippen LogP contribution in [0, 0.1) is 17.8 Å². The number of nitrogens with one attached hydrogen (secondary N) is 1. The van der Waals surface area contributed by atoms with Crippen LogP contribution in [-0.2, 0) is 4.79 Å². The van der Waals surface area contributed by atoms with Crippen molar-refractivity contribution in [3.05, 3.63) is 11.1 Å². The molecule has 0 saturated heterocycles. The van der Waals surface area contributed by atoms with Crippen LogP contribution in [0.4, 0.5) is 5.13 Å². The maximum absolute atomic E-state index is 11.9. The van der Waals surface area contributed by atoms with Crippen LogP contribution in [0.5, 0.6) is 0 Å². The van der Waals surface area contributed by atoms with E-state index in [2.05, 4.69) is 22.1 Å². The van der Waals surface area contributed by atoms with E-state index < -0.39 is 0 Å². The Morgan fingerprint density at radius 2 is 2.26 bits per heavy atom. The molecular weight excluding hydrogens is 260 g/mol. The first-order chi connectivity index (χ1) is 9.28. The summed E-state index contributed by atoms with van der Waals surface area (Å²) in [6.07, 6.45) is 8.33. The van der Waals surface area contributed by atoms with E-state index in [9.17, 15) is 4.79 Å². The van der Waals surface area contributed by atoms with Gasteiger partial charge in [-0.2, -0.15) is 0 Å². The quantitative estimate of drug-likeness (QED) is 0.835. The Balaban J connectivity index is 1.82. The highest BCUT2D eigenvalue weighted by molar-refractivity contribution is 7.16. The molecule has 2 N–H and O–H groups in total. The average molecular weight is 278 g/mol. The molecule has 5 heteroatoms. The first-order valence-corrected chi connectivity index (χ1v) is 7.45. The molecule has 4 nitrogen and oxygen atoms in total. The fraction of sp³-hybridized carbons (Fsp3) is 0.571. The smallest absolute Gasteiger partial charge is 0.226 e. The number of carbonyl (C=O) groups excluding carboxylic acids is 1. The number of hydrogen-bond donors (Lipinski definition) is 2. The molecule has 0 aliphatic heterocycles. The van der Waals surface area contributed by atoms with Crippen LogP contribution in [-0.4, -0.2) is 22.6 Å². The van der Waals surface area contributed by atoms with E-state index in [0.29, 0.717) is 17.5 Å². The van der Waals surface area contributed by atoms with Crippen molar-refractivity contribution in [2.45, 2.75) is 38.5 Å². The van der Waals surface area contributed by atoms with Gasteiger partial charge in [0.05, 0.1) is 11.1 Å². The second-order valence-corrected chi connectivity index (χ2v) is 5.78. The molecular formula is C14H18N2O2S. The Bertz CT molecular complexity index is 481. The number of anilines is 1. The summed E-state index contributed by atoms with van der Waals surface area (Å²) < 4.78 is 0. The monoisotopic (exact) mass is 278 g/mol. The molecule has 0 radical (unpaired) electrons. The summed E-state index contributed by atoms with van der Waals surface area (Å²) in [4.78, 5) is 16.7. The molecule has 0 atom stereocenters. The minimum Gasteiger partial charge on any atom is -0.384 e. The van der Waals surface area contributed by atoms with Crippen LogP contribution in [0.25, 0.3) is 0 Å². The maximum atomic E-state index is 11.9. The standard InChI is InChI=1S/C14H18N2O2S/c17-8-4-7-12-10-15-14(19-12)16-13(18)9-11-5-2-1-3-6-11/h10-11,17H,1-3,5-6,8-9H2,(H,15,16,18). The van der Waals surface area contributed by atoms with Crippen LogP contribution < -0.4 is 5.32 Å². The number of nitrogens with zero attached hydrogens (tertiary/aromatic N) is 1. The number of carbonyl (C=O) groups is 1. The summed E-state index contributed by atoms with van der Waals surface area (Å²) in [6.45, 7) is -0.165. The van der Waals surface area contributed by atoms with Crippen molar-refractivity contribution in [3.63, 3.8) is 0 Å². The predicted octanol–water partition coefficient (Wildman–Crippen LogP) is 2.40. The lowest BCUT2D eigenvalue weighted by Crippen LogP contribution is -2.18. The Hall–Kier alpha value is -1.38. The second kappa shape index (κ2) is 7.27. The highest BCUT2D eigenvalue weighted by Gasteiger charge is 2.17. The summed E-state index contributed by atoms with van der Waals surface area (Å²) in [6, 6.07) is 0. The van der Waals surface area contributed by atoms with Gasteiger partial charge < -0.3 is 10.4 Å². The Kier molecular flexibility index (Phi) is 5.37. The highest BCUT2D eigenvalue weighted by Crippen LogP contribution is 2.27. The van der Waals surface area contributed by atoms with Gasteiger partial charge in [0.1, 0.15) is 6.61 Å². The predicted molar refractivity (Wildman–Crippen MR) is 75.9 cm³/mol. The number of hydrogen-bond acceptors (Lipinski definition) is 4. The summed E-state index contributed by atoms with van der Waals surface area (Å²) >= 11 is 1.34. The molecule has 1 heterocycles. The normalized spacial score (nSPS) is 15.6. The fourth-order valence-corrected chi connectivity index (χ4v) is 3.05. The Morgan fingerprint density at radius 1 is 1.47 bits per heavy atom. The minimum atomic E-state index is -0.165. The summed E-state index contributed by atoms with van der Waals surface area (Å²) in [5, 5.41) is 12.0. The zero-order chi connectivity index (χ0) is 13.5. The van der Waals surface area contributed by atoms with Gasteiger partial charge in [-0.1, -0.05) is 42.4 Å². The first kappa shape index (κ1) is 14.0. The van der Waals surface area contributed by atoms with E-state index in [0.717, 1.165) is 4.88 Å². The Labute approximate surface area is 117 Å². The third kappa shape index (κ3) is 4.66. The van der Waals surface area contributed by atoms with Gasteiger partial charge in [-0.05, 0) is 18.8 Å². The van der Waals surface area contributed by atoms with Crippen LogP contribution in [0.1, 0.15) is 43.4 Å². The van der Waals surface area contributed by atoms with Crippen LogP contribution in [0.2, 0.25) is 0 Å². The molecule has 1 aromatic heterocycles. The van der Waals surface area contributed by atoms with E-state index >= 15 is 0 Å². The van der Waals surface area contributed by atoms with Gasteiger partial charge in [0.25, 0.3) is 0 Å². The van der Waals surface area contributed by atoms with Gasteiger partial charge in [-0.3, -0.25) is 4.79 Å². The van der Waals surface area contributed by atoms with Gasteiger partial charge in [-0.25, -0.2) is 4.98 Å². The van der Waals surface area contributed by atoms with E-state index in [1.807, 2.05) is 0 Å². The molecule has 1 aliphatic rings. The van der Waals surface area contributed by atoms with Gasteiger partial charge in [0, 0.05) is 6.42 Å².